The molecule has 3 fully saturated rings. The van der Waals surface area contributed by atoms with Crippen molar-refractivity contribution in [3.63, 3.8) is 0 Å². The van der Waals surface area contributed by atoms with E-state index in [9.17, 15) is 15.3 Å². The lowest BCUT2D eigenvalue weighted by Gasteiger charge is -2.71. The number of hydrogen-bond acceptors (Lipinski definition) is 3. The van der Waals surface area contributed by atoms with Crippen molar-refractivity contribution in [1.29, 1.82) is 0 Å². The van der Waals surface area contributed by atoms with Crippen LogP contribution in [0.1, 0.15) is 121 Å². The molecule has 202 valence electrons. The summed E-state index contributed by atoms with van der Waals surface area (Å²) in [5.74, 6) is 1.06. The Kier molecular flexibility index (Phi) is 6.18. The number of aliphatic hydroxyl groups is 3. The van der Waals surface area contributed by atoms with E-state index in [2.05, 4.69) is 75.3 Å². The highest BCUT2D eigenvalue weighted by Crippen LogP contribution is 2.75. The minimum absolute atomic E-state index is 0.0342. The lowest BCUT2D eigenvalue weighted by molar-refractivity contribution is -0.209. The number of fused-ring (bicyclic) bond motifs is 5. The van der Waals surface area contributed by atoms with E-state index in [0.717, 1.165) is 25.7 Å². The van der Waals surface area contributed by atoms with E-state index in [1.54, 1.807) is 12.5 Å². The van der Waals surface area contributed by atoms with Crippen LogP contribution >= 0.6 is 0 Å². The molecular weight excluding hydrogens is 432 g/mol. The molecule has 4 rings (SSSR count). The zero-order valence-electron chi connectivity index (χ0n) is 24.8. The molecule has 9 atom stereocenters. The fourth-order valence-electron chi connectivity index (χ4n) is 10.7. The summed E-state index contributed by atoms with van der Waals surface area (Å²) in [4.78, 5) is 0. The quantitative estimate of drug-likeness (QED) is 0.370. The van der Waals surface area contributed by atoms with Gasteiger partial charge in [-0.2, -0.15) is 0 Å². The summed E-state index contributed by atoms with van der Waals surface area (Å²) >= 11 is 0. The molecule has 3 nitrogen and oxygen atoms in total. The monoisotopic (exact) mass is 488 g/mol. The van der Waals surface area contributed by atoms with E-state index in [0.29, 0.717) is 11.8 Å². The first-order valence-electron chi connectivity index (χ1n) is 14.5. The maximum atomic E-state index is 12.2. The minimum Gasteiger partial charge on any atom is -0.391 e. The number of allylic oxidation sites excluding steroid dienone is 1. The Bertz CT molecular complexity index is 879. The maximum absolute atomic E-state index is 12.2. The zero-order valence-corrected chi connectivity index (χ0v) is 24.8. The van der Waals surface area contributed by atoms with Gasteiger partial charge in [0.15, 0.2) is 0 Å². The topological polar surface area (TPSA) is 60.7 Å². The number of rotatable bonds is 3. The van der Waals surface area contributed by atoms with Gasteiger partial charge in [-0.25, -0.2) is 0 Å². The highest BCUT2D eigenvalue weighted by atomic mass is 16.3. The summed E-state index contributed by atoms with van der Waals surface area (Å²) < 4.78 is 0. The first-order valence-corrected chi connectivity index (χ1v) is 14.5. The van der Waals surface area contributed by atoms with Gasteiger partial charge in [-0.1, -0.05) is 74.0 Å². The van der Waals surface area contributed by atoms with Gasteiger partial charge in [0.05, 0.1) is 17.8 Å². The number of aliphatic hydroxyl groups excluding tert-OH is 2. The standard InChI is InChI=1S/C32H56O3/c1-20(33)25(34)28(6,7)22-14-15-31(10)23(27(22,4)5)13-12-21-24-29(8,18-19-30(21,31)9)17-16-26(2,3)32(24,11)35/h12,20,22-25,33-35H,13-19H2,1-11H3. The van der Waals surface area contributed by atoms with Gasteiger partial charge in [-0.3, -0.25) is 0 Å². The molecule has 0 spiro atoms. The molecule has 0 saturated heterocycles. The molecule has 4 aliphatic rings. The third kappa shape index (κ3) is 3.46. The van der Waals surface area contributed by atoms with Crippen LogP contribution in [-0.4, -0.2) is 33.1 Å². The largest absolute Gasteiger partial charge is 0.391 e. The van der Waals surface area contributed by atoms with Gasteiger partial charge in [0, 0.05) is 5.92 Å². The van der Waals surface area contributed by atoms with Crippen molar-refractivity contribution in [3.8, 4) is 0 Å². The zero-order chi connectivity index (χ0) is 26.6. The summed E-state index contributed by atoms with van der Waals surface area (Å²) in [7, 11) is 0. The van der Waals surface area contributed by atoms with Gasteiger partial charge < -0.3 is 15.3 Å². The van der Waals surface area contributed by atoms with Crippen LogP contribution in [0.25, 0.3) is 0 Å². The van der Waals surface area contributed by atoms with Crippen molar-refractivity contribution in [2.45, 2.75) is 139 Å². The third-order valence-electron chi connectivity index (χ3n) is 13.6. The maximum Gasteiger partial charge on any atom is 0.0849 e. The predicted octanol–water partition coefficient (Wildman–Crippen LogP) is 7.14. The summed E-state index contributed by atoms with van der Waals surface area (Å²) in [5, 5.41) is 33.5. The SMILES string of the molecule is CC(O)C(O)C(C)(C)C1CCC2(C)C(CC=C3C4C(C)(CCC(C)(C)C4(C)O)CCC32C)C1(C)C. The smallest absolute Gasteiger partial charge is 0.0849 e. The van der Waals surface area contributed by atoms with Crippen molar-refractivity contribution < 1.29 is 15.3 Å². The van der Waals surface area contributed by atoms with E-state index in [4.69, 9.17) is 0 Å². The van der Waals surface area contributed by atoms with Crippen molar-refractivity contribution in [1.82, 2.24) is 0 Å². The van der Waals surface area contributed by atoms with Crippen LogP contribution in [0.4, 0.5) is 0 Å². The third-order valence-corrected chi connectivity index (χ3v) is 13.6. The van der Waals surface area contributed by atoms with Gasteiger partial charge in [0.2, 0.25) is 0 Å². The average Bonchev–Trinajstić information content (AvgIpc) is 2.71. The second kappa shape index (κ2) is 7.82. The molecule has 0 bridgehead atoms. The predicted molar refractivity (Wildman–Crippen MR) is 145 cm³/mol. The molecule has 0 aliphatic heterocycles. The van der Waals surface area contributed by atoms with Crippen molar-refractivity contribution in [2.75, 3.05) is 0 Å². The van der Waals surface area contributed by atoms with Crippen molar-refractivity contribution >= 4 is 0 Å². The molecule has 9 unspecified atom stereocenters. The normalized spacial score (nSPS) is 48.6. The van der Waals surface area contributed by atoms with E-state index in [1.165, 1.54) is 19.3 Å². The molecular formula is C32H56O3. The molecule has 4 aliphatic carbocycles. The van der Waals surface area contributed by atoms with E-state index < -0.39 is 17.8 Å². The Morgan fingerprint density at radius 2 is 1.46 bits per heavy atom. The van der Waals surface area contributed by atoms with Crippen molar-refractivity contribution in [3.05, 3.63) is 11.6 Å². The Balaban J connectivity index is 1.80. The van der Waals surface area contributed by atoms with E-state index >= 15 is 0 Å². The lowest BCUT2D eigenvalue weighted by atomic mass is 9.34. The highest BCUT2D eigenvalue weighted by Gasteiger charge is 2.69. The summed E-state index contributed by atoms with van der Waals surface area (Å²) in [5.41, 5.74) is 0.830. The summed E-state index contributed by atoms with van der Waals surface area (Å²) in [6.07, 6.45) is 9.08. The molecule has 3 heteroatoms. The Morgan fingerprint density at radius 3 is 2.03 bits per heavy atom. The molecule has 0 radical (unpaired) electrons. The number of hydrogen-bond donors (Lipinski definition) is 3. The molecule has 0 aromatic carbocycles. The Labute approximate surface area is 216 Å². The Morgan fingerprint density at radius 1 is 0.886 bits per heavy atom. The first kappa shape index (κ1) is 27.6. The molecule has 0 aromatic heterocycles. The van der Waals surface area contributed by atoms with Gasteiger partial charge in [0.25, 0.3) is 0 Å². The lowest BCUT2D eigenvalue weighted by Crippen LogP contribution is -2.66. The molecule has 0 amide bonds. The molecule has 0 heterocycles. The van der Waals surface area contributed by atoms with Crippen LogP contribution in [0, 0.1) is 50.2 Å². The molecule has 0 aromatic rings. The second-order valence-corrected chi connectivity index (χ2v) is 16.2. The van der Waals surface area contributed by atoms with Crippen LogP contribution < -0.4 is 0 Å². The fraction of sp³-hybridized carbons (Fsp3) is 0.938. The van der Waals surface area contributed by atoms with Crippen molar-refractivity contribution in [2.24, 2.45) is 50.2 Å². The van der Waals surface area contributed by atoms with E-state index in [1.807, 2.05) is 0 Å². The fourth-order valence-corrected chi connectivity index (χ4v) is 10.7. The van der Waals surface area contributed by atoms with Gasteiger partial charge >= 0.3 is 0 Å². The molecule has 35 heavy (non-hydrogen) atoms. The second-order valence-electron chi connectivity index (χ2n) is 16.2. The summed E-state index contributed by atoms with van der Waals surface area (Å²) in [6.45, 7) is 25.2. The highest BCUT2D eigenvalue weighted by molar-refractivity contribution is 5.35. The van der Waals surface area contributed by atoms with Crippen LogP contribution in [0.2, 0.25) is 0 Å². The van der Waals surface area contributed by atoms with Gasteiger partial charge in [0.1, 0.15) is 0 Å². The van der Waals surface area contributed by atoms with Crippen LogP contribution in [-0.2, 0) is 0 Å². The van der Waals surface area contributed by atoms with Crippen LogP contribution in [0.3, 0.4) is 0 Å². The van der Waals surface area contributed by atoms with Gasteiger partial charge in [-0.05, 0) is 103 Å². The van der Waals surface area contributed by atoms with Gasteiger partial charge in [-0.15, -0.1) is 0 Å². The molecule has 3 N–H and O–H groups in total. The molecule has 3 saturated carbocycles. The summed E-state index contributed by atoms with van der Waals surface area (Å²) in [6, 6.07) is 0. The minimum atomic E-state index is -0.726. The first-order chi connectivity index (χ1) is 15.7. The van der Waals surface area contributed by atoms with E-state index in [-0.39, 0.29) is 38.4 Å². The average molecular weight is 489 g/mol. The van der Waals surface area contributed by atoms with Crippen LogP contribution in [0.5, 0.6) is 0 Å². The Hall–Kier alpha value is -0.380. The van der Waals surface area contributed by atoms with Crippen LogP contribution in [0.15, 0.2) is 11.6 Å².